The van der Waals surface area contributed by atoms with Gasteiger partial charge in [-0.15, -0.1) is 11.3 Å². The molecule has 0 unspecified atom stereocenters. The molecule has 2 heterocycles. The summed E-state index contributed by atoms with van der Waals surface area (Å²) in [6.45, 7) is 2.01. The highest BCUT2D eigenvalue weighted by atomic mass is 35.5. The van der Waals surface area contributed by atoms with Crippen molar-refractivity contribution in [2.24, 2.45) is 0 Å². The third-order valence-corrected chi connectivity index (χ3v) is 4.47. The predicted octanol–water partition coefficient (Wildman–Crippen LogP) is 5.34. The Labute approximate surface area is 131 Å². The van der Waals surface area contributed by atoms with E-state index in [1.165, 1.54) is 4.88 Å². The van der Waals surface area contributed by atoms with Gasteiger partial charge in [-0.3, -0.25) is 0 Å². The Kier molecular flexibility index (Phi) is 3.83. The molecule has 0 radical (unpaired) electrons. The van der Waals surface area contributed by atoms with Gasteiger partial charge in [0.1, 0.15) is 5.82 Å². The number of halogens is 2. The van der Waals surface area contributed by atoms with Crippen LogP contribution in [0.1, 0.15) is 16.4 Å². The predicted molar refractivity (Wildman–Crippen MR) is 85.9 cm³/mol. The average molecular weight is 323 g/mol. The SMILES string of the molecule is Cc1[nH]c(Cc2cccs2)nc1-c1ccc(Cl)cc1Cl. The van der Waals surface area contributed by atoms with Crippen molar-refractivity contribution in [1.29, 1.82) is 0 Å². The lowest BCUT2D eigenvalue weighted by Crippen LogP contribution is -1.87. The van der Waals surface area contributed by atoms with Gasteiger partial charge in [0, 0.05) is 27.6 Å². The summed E-state index contributed by atoms with van der Waals surface area (Å²) >= 11 is 13.9. The minimum Gasteiger partial charge on any atom is -0.345 e. The molecule has 3 rings (SSSR count). The number of nitrogens with zero attached hydrogens (tertiary/aromatic N) is 1. The summed E-state index contributed by atoms with van der Waals surface area (Å²) in [5.74, 6) is 0.950. The van der Waals surface area contributed by atoms with Gasteiger partial charge in [-0.2, -0.15) is 0 Å². The van der Waals surface area contributed by atoms with Crippen LogP contribution in [0.25, 0.3) is 11.3 Å². The summed E-state index contributed by atoms with van der Waals surface area (Å²) < 4.78 is 0. The van der Waals surface area contributed by atoms with E-state index in [9.17, 15) is 0 Å². The average Bonchev–Trinajstić information content (AvgIpc) is 3.00. The standard InChI is InChI=1S/C15H12Cl2N2S/c1-9-15(12-5-4-10(16)7-13(12)17)19-14(18-9)8-11-3-2-6-20-11/h2-7H,8H2,1H3,(H,18,19). The van der Waals surface area contributed by atoms with Crippen molar-refractivity contribution in [1.82, 2.24) is 9.97 Å². The fourth-order valence-corrected chi connectivity index (χ4v) is 3.34. The monoisotopic (exact) mass is 322 g/mol. The number of thiophene rings is 1. The third-order valence-electron chi connectivity index (χ3n) is 3.04. The Balaban J connectivity index is 1.96. The molecule has 0 amide bonds. The molecule has 1 N–H and O–H groups in total. The largest absolute Gasteiger partial charge is 0.345 e. The van der Waals surface area contributed by atoms with Crippen LogP contribution in [-0.2, 0) is 6.42 Å². The number of aryl methyl sites for hydroxylation is 1. The first-order valence-electron chi connectivity index (χ1n) is 6.17. The van der Waals surface area contributed by atoms with Crippen LogP contribution in [0.15, 0.2) is 35.7 Å². The van der Waals surface area contributed by atoms with Gasteiger partial charge in [0.15, 0.2) is 0 Å². The highest BCUT2D eigenvalue weighted by molar-refractivity contribution is 7.09. The van der Waals surface area contributed by atoms with Crippen LogP contribution in [0.2, 0.25) is 10.0 Å². The summed E-state index contributed by atoms with van der Waals surface area (Å²) in [6.07, 6.45) is 0.809. The molecule has 0 aliphatic rings. The van der Waals surface area contributed by atoms with Crippen LogP contribution in [0, 0.1) is 6.92 Å². The van der Waals surface area contributed by atoms with E-state index in [4.69, 9.17) is 23.2 Å². The second-order valence-electron chi connectivity index (χ2n) is 4.54. The van der Waals surface area contributed by atoms with Crippen molar-refractivity contribution in [3.63, 3.8) is 0 Å². The molecule has 5 heteroatoms. The number of aromatic amines is 1. The first-order chi connectivity index (χ1) is 9.63. The van der Waals surface area contributed by atoms with E-state index in [1.807, 2.05) is 25.1 Å². The molecule has 0 fully saturated rings. The lowest BCUT2D eigenvalue weighted by atomic mass is 10.1. The lowest BCUT2D eigenvalue weighted by molar-refractivity contribution is 1.03. The smallest absolute Gasteiger partial charge is 0.112 e. The number of nitrogens with one attached hydrogen (secondary N) is 1. The fraction of sp³-hybridized carbons (Fsp3) is 0.133. The number of imidazole rings is 1. The van der Waals surface area contributed by atoms with Crippen LogP contribution in [-0.4, -0.2) is 9.97 Å². The number of aromatic nitrogens is 2. The van der Waals surface area contributed by atoms with Gasteiger partial charge in [0.05, 0.1) is 10.7 Å². The first-order valence-corrected chi connectivity index (χ1v) is 7.80. The van der Waals surface area contributed by atoms with Gasteiger partial charge in [-0.25, -0.2) is 4.98 Å². The van der Waals surface area contributed by atoms with Crippen molar-refractivity contribution >= 4 is 34.5 Å². The molecular weight excluding hydrogens is 311 g/mol. The van der Waals surface area contributed by atoms with Crippen molar-refractivity contribution in [2.45, 2.75) is 13.3 Å². The molecule has 0 bridgehead atoms. The maximum absolute atomic E-state index is 6.25. The molecule has 102 valence electrons. The van der Waals surface area contributed by atoms with Crippen LogP contribution < -0.4 is 0 Å². The first kappa shape index (κ1) is 13.7. The second-order valence-corrected chi connectivity index (χ2v) is 6.41. The number of rotatable bonds is 3. The minimum absolute atomic E-state index is 0.620. The maximum Gasteiger partial charge on any atom is 0.112 e. The van der Waals surface area contributed by atoms with Crippen molar-refractivity contribution < 1.29 is 0 Å². The second kappa shape index (κ2) is 5.60. The Bertz CT molecular complexity index is 732. The lowest BCUT2D eigenvalue weighted by Gasteiger charge is -2.02. The molecular formula is C15H12Cl2N2S. The van der Waals surface area contributed by atoms with Gasteiger partial charge < -0.3 is 4.98 Å². The third kappa shape index (κ3) is 2.75. The van der Waals surface area contributed by atoms with Crippen LogP contribution in [0.3, 0.4) is 0 Å². The summed E-state index contributed by atoms with van der Waals surface area (Å²) in [4.78, 5) is 9.28. The number of hydrogen-bond donors (Lipinski definition) is 1. The summed E-state index contributed by atoms with van der Waals surface area (Å²) in [6, 6.07) is 9.63. The fourth-order valence-electron chi connectivity index (χ4n) is 2.13. The van der Waals surface area contributed by atoms with Crippen molar-refractivity contribution in [2.75, 3.05) is 0 Å². The number of H-pyrrole nitrogens is 1. The number of benzene rings is 1. The molecule has 1 aromatic carbocycles. The zero-order valence-electron chi connectivity index (χ0n) is 10.8. The van der Waals surface area contributed by atoms with Gasteiger partial charge in [-0.1, -0.05) is 29.3 Å². The molecule has 0 spiro atoms. The van der Waals surface area contributed by atoms with E-state index in [1.54, 1.807) is 17.4 Å². The Morgan fingerprint density at radius 3 is 2.80 bits per heavy atom. The van der Waals surface area contributed by atoms with Gasteiger partial charge in [-0.05, 0) is 36.6 Å². The van der Waals surface area contributed by atoms with Crippen molar-refractivity contribution in [3.8, 4) is 11.3 Å². The zero-order chi connectivity index (χ0) is 14.1. The molecule has 0 aliphatic carbocycles. The van der Waals surface area contributed by atoms with Crippen LogP contribution >= 0.6 is 34.5 Å². The van der Waals surface area contributed by atoms with E-state index in [2.05, 4.69) is 21.4 Å². The van der Waals surface area contributed by atoms with Crippen LogP contribution in [0.4, 0.5) is 0 Å². The molecule has 0 saturated heterocycles. The Morgan fingerprint density at radius 1 is 1.25 bits per heavy atom. The maximum atomic E-state index is 6.25. The van der Waals surface area contributed by atoms with E-state index in [0.717, 1.165) is 29.2 Å². The number of hydrogen-bond acceptors (Lipinski definition) is 2. The van der Waals surface area contributed by atoms with Crippen molar-refractivity contribution in [3.05, 3.63) is 62.2 Å². The Morgan fingerprint density at radius 2 is 2.10 bits per heavy atom. The van der Waals surface area contributed by atoms with E-state index in [0.29, 0.717) is 10.0 Å². The van der Waals surface area contributed by atoms with E-state index in [-0.39, 0.29) is 0 Å². The molecule has 0 saturated carbocycles. The summed E-state index contributed by atoms with van der Waals surface area (Å²) in [5, 5.41) is 3.32. The molecule has 0 aliphatic heterocycles. The molecule has 2 nitrogen and oxygen atoms in total. The highest BCUT2D eigenvalue weighted by Crippen LogP contribution is 2.31. The minimum atomic E-state index is 0.620. The topological polar surface area (TPSA) is 28.7 Å². The van der Waals surface area contributed by atoms with Gasteiger partial charge in [0.25, 0.3) is 0 Å². The summed E-state index contributed by atoms with van der Waals surface area (Å²) in [5.41, 5.74) is 2.81. The quantitative estimate of drug-likeness (QED) is 0.692. The van der Waals surface area contributed by atoms with Gasteiger partial charge in [0.2, 0.25) is 0 Å². The molecule has 20 heavy (non-hydrogen) atoms. The molecule has 2 aromatic heterocycles. The van der Waals surface area contributed by atoms with Crippen LogP contribution in [0.5, 0.6) is 0 Å². The normalized spacial score (nSPS) is 10.9. The molecule has 3 aromatic rings. The van der Waals surface area contributed by atoms with E-state index >= 15 is 0 Å². The Hall–Kier alpha value is -1.29. The summed E-state index contributed by atoms with van der Waals surface area (Å²) in [7, 11) is 0. The van der Waals surface area contributed by atoms with Gasteiger partial charge >= 0.3 is 0 Å². The molecule has 0 atom stereocenters. The zero-order valence-corrected chi connectivity index (χ0v) is 13.1. The van der Waals surface area contributed by atoms with E-state index < -0.39 is 0 Å². The highest BCUT2D eigenvalue weighted by Gasteiger charge is 2.13.